The molecule has 0 aromatic heterocycles. The van der Waals surface area contributed by atoms with Gasteiger partial charge in [0.15, 0.2) is 6.10 Å². The SMILES string of the molecule is CCCCCCCCCCCCCCCCCCCC(=O)O[C@H](COC(=O)CCCCCCCCCCCCC(C)CC)COC(=O)CCCCCCCCC(C)C. The van der Waals surface area contributed by atoms with Crippen LogP contribution < -0.4 is 0 Å². The van der Waals surface area contributed by atoms with Crippen molar-refractivity contribution in [3.63, 3.8) is 0 Å². The molecule has 0 spiro atoms. The molecule has 1 unspecified atom stereocenters. The van der Waals surface area contributed by atoms with Gasteiger partial charge in [0.2, 0.25) is 0 Å². The van der Waals surface area contributed by atoms with E-state index in [-0.39, 0.29) is 31.1 Å². The van der Waals surface area contributed by atoms with E-state index in [0.29, 0.717) is 19.3 Å². The van der Waals surface area contributed by atoms with Crippen LogP contribution >= 0.6 is 0 Å². The third-order valence-electron chi connectivity index (χ3n) is 12.1. The van der Waals surface area contributed by atoms with Gasteiger partial charge in [-0.1, -0.05) is 247 Å². The van der Waals surface area contributed by atoms with Gasteiger partial charge in [0, 0.05) is 19.3 Å². The van der Waals surface area contributed by atoms with Crippen molar-refractivity contribution >= 4 is 17.9 Å². The Balaban J connectivity index is 4.27. The van der Waals surface area contributed by atoms with Crippen LogP contribution in [0.1, 0.15) is 285 Å². The summed E-state index contributed by atoms with van der Waals surface area (Å²) in [6.45, 7) is 11.3. The molecule has 0 aliphatic carbocycles. The lowest BCUT2D eigenvalue weighted by atomic mass is 9.99. The van der Waals surface area contributed by atoms with Crippen molar-refractivity contribution < 1.29 is 28.6 Å². The molecule has 0 saturated carbocycles. The Morgan fingerprint density at radius 3 is 0.983 bits per heavy atom. The van der Waals surface area contributed by atoms with Gasteiger partial charge in [0.05, 0.1) is 0 Å². The maximum atomic E-state index is 12.8. The molecule has 0 saturated heterocycles. The minimum atomic E-state index is -0.762. The second-order valence-corrected chi connectivity index (χ2v) is 18.5. The molecule has 0 bridgehead atoms. The summed E-state index contributed by atoms with van der Waals surface area (Å²) in [6, 6.07) is 0. The summed E-state index contributed by atoms with van der Waals surface area (Å²) in [6.07, 6.45) is 45.3. The van der Waals surface area contributed by atoms with Gasteiger partial charge >= 0.3 is 17.9 Å². The first-order chi connectivity index (χ1) is 28.3. The van der Waals surface area contributed by atoms with Crippen LogP contribution in [0.5, 0.6) is 0 Å². The largest absolute Gasteiger partial charge is 0.462 e. The fourth-order valence-corrected chi connectivity index (χ4v) is 7.78. The van der Waals surface area contributed by atoms with Gasteiger partial charge in [-0.25, -0.2) is 0 Å². The number of esters is 3. The summed E-state index contributed by atoms with van der Waals surface area (Å²) in [5.41, 5.74) is 0. The van der Waals surface area contributed by atoms with Crippen LogP contribution in [0.2, 0.25) is 0 Å². The predicted molar refractivity (Wildman–Crippen MR) is 247 cm³/mol. The zero-order valence-electron chi connectivity index (χ0n) is 39.7. The molecule has 0 rings (SSSR count). The average Bonchev–Trinajstić information content (AvgIpc) is 3.21. The van der Waals surface area contributed by atoms with Crippen LogP contribution in [-0.2, 0) is 28.6 Å². The number of ether oxygens (including phenoxy) is 3. The van der Waals surface area contributed by atoms with Crippen molar-refractivity contribution in [2.45, 2.75) is 291 Å². The number of rotatable bonds is 46. The maximum absolute atomic E-state index is 12.8. The van der Waals surface area contributed by atoms with E-state index in [2.05, 4.69) is 34.6 Å². The smallest absolute Gasteiger partial charge is 0.306 e. The molecule has 0 aromatic rings. The Morgan fingerprint density at radius 2 is 0.655 bits per heavy atom. The standard InChI is InChI=1S/C52H100O6/c1-6-8-9-10-11-12-13-14-15-16-17-18-19-24-27-34-39-44-52(55)58-49(46-57-51(54)43-38-33-29-28-30-35-40-47(3)4)45-56-50(53)42-37-32-26-23-21-20-22-25-31-36-41-48(5)7-2/h47-49H,6-46H2,1-5H3/t48?,49-/m1/s1. The Hall–Kier alpha value is -1.59. The van der Waals surface area contributed by atoms with Crippen molar-refractivity contribution in [1.29, 1.82) is 0 Å². The summed E-state index contributed by atoms with van der Waals surface area (Å²) in [5, 5.41) is 0. The number of hydrogen-bond acceptors (Lipinski definition) is 6. The molecule has 0 fully saturated rings. The van der Waals surface area contributed by atoms with Crippen molar-refractivity contribution in [3.05, 3.63) is 0 Å². The summed E-state index contributed by atoms with van der Waals surface area (Å²) in [7, 11) is 0. The highest BCUT2D eigenvalue weighted by molar-refractivity contribution is 5.71. The Labute approximate surface area is 361 Å². The summed E-state index contributed by atoms with van der Waals surface area (Å²) in [5.74, 6) is 0.779. The van der Waals surface area contributed by atoms with Crippen LogP contribution in [-0.4, -0.2) is 37.2 Å². The monoisotopic (exact) mass is 821 g/mol. The van der Waals surface area contributed by atoms with Crippen LogP contribution in [0.4, 0.5) is 0 Å². The van der Waals surface area contributed by atoms with E-state index in [1.807, 2.05) is 0 Å². The number of carbonyl (C=O) groups is 3. The summed E-state index contributed by atoms with van der Waals surface area (Å²) < 4.78 is 16.8. The lowest BCUT2D eigenvalue weighted by molar-refractivity contribution is -0.167. The molecule has 0 amide bonds. The van der Waals surface area contributed by atoms with Gasteiger partial charge in [-0.2, -0.15) is 0 Å². The van der Waals surface area contributed by atoms with Crippen molar-refractivity contribution in [2.75, 3.05) is 13.2 Å². The molecule has 344 valence electrons. The van der Waals surface area contributed by atoms with E-state index in [1.54, 1.807) is 0 Å². The van der Waals surface area contributed by atoms with E-state index < -0.39 is 6.10 Å². The predicted octanol–water partition coefficient (Wildman–Crippen LogP) is 16.5. The first-order valence-corrected chi connectivity index (χ1v) is 25.8. The molecule has 0 heterocycles. The normalized spacial score (nSPS) is 12.5. The van der Waals surface area contributed by atoms with Gasteiger partial charge in [-0.3, -0.25) is 14.4 Å². The highest BCUT2D eigenvalue weighted by atomic mass is 16.6. The zero-order chi connectivity index (χ0) is 42.6. The highest BCUT2D eigenvalue weighted by Crippen LogP contribution is 2.18. The third-order valence-corrected chi connectivity index (χ3v) is 12.1. The lowest BCUT2D eigenvalue weighted by Gasteiger charge is -2.18. The van der Waals surface area contributed by atoms with Gasteiger partial charge in [0.1, 0.15) is 13.2 Å². The van der Waals surface area contributed by atoms with Gasteiger partial charge < -0.3 is 14.2 Å². The van der Waals surface area contributed by atoms with E-state index in [0.717, 1.165) is 69.6 Å². The first-order valence-electron chi connectivity index (χ1n) is 25.8. The minimum Gasteiger partial charge on any atom is -0.462 e. The molecule has 0 radical (unpaired) electrons. The molecule has 2 atom stereocenters. The van der Waals surface area contributed by atoms with E-state index >= 15 is 0 Å². The maximum Gasteiger partial charge on any atom is 0.306 e. The van der Waals surface area contributed by atoms with Gasteiger partial charge in [-0.15, -0.1) is 0 Å². The molecular formula is C52H100O6. The molecule has 0 N–H and O–H groups in total. The van der Waals surface area contributed by atoms with Crippen LogP contribution in [0.25, 0.3) is 0 Å². The topological polar surface area (TPSA) is 78.9 Å². The molecular weight excluding hydrogens is 721 g/mol. The van der Waals surface area contributed by atoms with Crippen molar-refractivity contribution in [2.24, 2.45) is 11.8 Å². The number of carbonyl (C=O) groups excluding carboxylic acids is 3. The molecule has 6 nitrogen and oxygen atoms in total. The van der Waals surface area contributed by atoms with Crippen molar-refractivity contribution in [1.82, 2.24) is 0 Å². The second kappa shape index (κ2) is 44.9. The zero-order valence-corrected chi connectivity index (χ0v) is 39.7. The van der Waals surface area contributed by atoms with E-state index in [9.17, 15) is 14.4 Å². The fraction of sp³-hybridized carbons (Fsp3) is 0.942. The molecule has 58 heavy (non-hydrogen) atoms. The second-order valence-electron chi connectivity index (χ2n) is 18.5. The summed E-state index contributed by atoms with van der Waals surface area (Å²) >= 11 is 0. The Bertz CT molecular complexity index is 887. The van der Waals surface area contributed by atoms with E-state index in [4.69, 9.17) is 14.2 Å². The van der Waals surface area contributed by atoms with Gasteiger partial charge in [0.25, 0.3) is 0 Å². The lowest BCUT2D eigenvalue weighted by Crippen LogP contribution is -2.30. The minimum absolute atomic E-state index is 0.0648. The third kappa shape index (κ3) is 44.0. The molecule has 0 aliphatic heterocycles. The fourth-order valence-electron chi connectivity index (χ4n) is 7.78. The quantitative estimate of drug-likeness (QED) is 0.0346. The first kappa shape index (κ1) is 56.4. The summed E-state index contributed by atoms with van der Waals surface area (Å²) in [4.78, 5) is 37.9. The van der Waals surface area contributed by atoms with Gasteiger partial charge in [-0.05, 0) is 31.1 Å². The van der Waals surface area contributed by atoms with Crippen LogP contribution in [0, 0.1) is 11.8 Å². The van der Waals surface area contributed by atoms with E-state index in [1.165, 1.54) is 173 Å². The average molecular weight is 821 g/mol. The van der Waals surface area contributed by atoms with Crippen LogP contribution in [0.15, 0.2) is 0 Å². The highest BCUT2D eigenvalue weighted by Gasteiger charge is 2.19. The molecule has 6 heteroatoms. The number of hydrogen-bond donors (Lipinski definition) is 0. The number of unbranched alkanes of at least 4 members (excludes halogenated alkanes) is 30. The molecule has 0 aromatic carbocycles. The van der Waals surface area contributed by atoms with Crippen LogP contribution in [0.3, 0.4) is 0 Å². The van der Waals surface area contributed by atoms with Crippen molar-refractivity contribution in [3.8, 4) is 0 Å². The Morgan fingerprint density at radius 1 is 0.362 bits per heavy atom. The molecule has 0 aliphatic rings. The Kier molecular flexibility index (Phi) is 43.7.